The smallest absolute Gasteiger partial charge is 0.232 e. The molecule has 0 aliphatic heterocycles. The second-order valence-corrected chi connectivity index (χ2v) is 5.14. The fourth-order valence-electron chi connectivity index (χ4n) is 2.28. The molecular formula is C14H15N7O. The molecule has 0 saturated heterocycles. The van der Waals surface area contributed by atoms with E-state index < -0.39 is 0 Å². The van der Waals surface area contributed by atoms with Crippen molar-refractivity contribution >= 4 is 28.5 Å². The van der Waals surface area contributed by atoms with Crippen LogP contribution in [0.3, 0.4) is 0 Å². The van der Waals surface area contributed by atoms with Crippen molar-refractivity contribution in [2.75, 3.05) is 11.5 Å². The number of hydrogen-bond acceptors (Lipinski definition) is 7. The molecule has 0 aromatic carbocycles. The van der Waals surface area contributed by atoms with E-state index in [-0.39, 0.29) is 29.3 Å². The van der Waals surface area contributed by atoms with Gasteiger partial charge in [-0.15, -0.1) is 0 Å². The zero-order chi connectivity index (χ0) is 15.9. The summed E-state index contributed by atoms with van der Waals surface area (Å²) in [5.74, 6) is 0.135. The summed E-state index contributed by atoms with van der Waals surface area (Å²) in [5, 5.41) is 0.507. The van der Waals surface area contributed by atoms with Crippen LogP contribution in [0.2, 0.25) is 0 Å². The summed E-state index contributed by atoms with van der Waals surface area (Å²) in [5.41, 5.74) is 12.5. The van der Waals surface area contributed by atoms with Crippen LogP contribution in [0, 0.1) is 0 Å². The third-order valence-electron chi connectivity index (χ3n) is 3.32. The van der Waals surface area contributed by atoms with Gasteiger partial charge in [-0.05, 0) is 19.9 Å². The van der Waals surface area contributed by atoms with Gasteiger partial charge in [0.05, 0.1) is 10.9 Å². The minimum atomic E-state index is -0.363. The summed E-state index contributed by atoms with van der Waals surface area (Å²) >= 11 is 0. The zero-order valence-electron chi connectivity index (χ0n) is 12.2. The Hall–Kier alpha value is -3.03. The molecule has 3 aromatic rings. The highest BCUT2D eigenvalue weighted by atomic mass is 16.1. The summed E-state index contributed by atoms with van der Waals surface area (Å²) in [6.45, 7) is 3.98. The fraction of sp³-hybridized carbons (Fsp3) is 0.214. The van der Waals surface area contributed by atoms with Crippen molar-refractivity contribution < 1.29 is 4.79 Å². The third-order valence-corrected chi connectivity index (χ3v) is 3.32. The van der Waals surface area contributed by atoms with Crippen LogP contribution in [0.5, 0.6) is 0 Å². The monoisotopic (exact) mass is 297 g/mol. The molecular weight excluding hydrogens is 282 g/mol. The van der Waals surface area contributed by atoms with Crippen molar-refractivity contribution in [3.05, 3.63) is 36.2 Å². The number of rotatable bonds is 3. The molecule has 4 N–H and O–H groups in total. The molecule has 112 valence electrons. The molecule has 8 heteroatoms. The van der Waals surface area contributed by atoms with Crippen LogP contribution in [0.1, 0.15) is 36.1 Å². The van der Waals surface area contributed by atoms with Crippen molar-refractivity contribution in [3.8, 4) is 0 Å². The molecule has 0 aliphatic rings. The van der Waals surface area contributed by atoms with E-state index in [1.165, 1.54) is 18.6 Å². The maximum absolute atomic E-state index is 12.7. The normalized spacial score (nSPS) is 11.2. The Morgan fingerprint density at radius 2 is 2.00 bits per heavy atom. The van der Waals surface area contributed by atoms with E-state index in [1.54, 1.807) is 6.20 Å². The van der Waals surface area contributed by atoms with Gasteiger partial charge in [-0.2, -0.15) is 0 Å². The van der Waals surface area contributed by atoms with Gasteiger partial charge < -0.3 is 16.0 Å². The van der Waals surface area contributed by atoms with E-state index in [0.717, 1.165) is 0 Å². The van der Waals surface area contributed by atoms with Crippen molar-refractivity contribution in [1.82, 2.24) is 24.5 Å². The summed E-state index contributed by atoms with van der Waals surface area (Å²) in [4.78, 5) is 28.8. The van der Waals surface area contributed by atoms with Gasteiger partial charge in [-0.1, -0.05) is 0 Å². The van der Waals surface area contributed by atoms with Gasteiger partial charge in [-0.3, -0.25) is 4.79 Å². The minimum Gasteiger partial charge on any atom is -0.384 e. The van der Waals surface area contributed by atoms with Crippen molar-refractivity contribution in [3.63, 3.8) is 0 Å². The van der Waals surface area contributed by atoms with E-state index in [1.807, 2.05) is 18.4 Å². The molecule has 0 amide bonds. The standard InChI is InChI=1S/C14H15N7O/c1-7(2)21-5-8(10-12(16)18-6-19-14(10)21)11(22)13-17-4-3-9(15)20-13/h3-7H,1-2H3,(H2,15,17,20)(H2,16,18,19). The Bertz CT molecular complexity index is 869. The molecule has 0 unspecified atom stereocenters. The molecule has 0 radical (unpaired) electrons. The van der Waals surface area contributed by atoms with Crippen molar-refractivity contribution in [1.29, 1.82) is 0 Å². The van der Waals surface area contributed by atoms with Crippen LogP contribution in [-0.2, 0) is 0 Å². The van der Waals surface area contributed by atoms with Gasteiger partial charge in [0.15, 0.2) is 0 Å². The van der Waals surface area contributed by atoms with Crippen LogP contribution in [0.25, 0.3) is 11.0 Å². The zero-order valence-corrected chi connectivity index (χ0v) is 12.2. The average molecular weight is 297 g/mol. The summed E-state index contributed by atoms with van der Waals surface area (Å²) < 4.78 is 1.87. The topological polar surface area (TPSA) is 126 Å². The summed E-state index contributed by atoms with van der Waals surface area (Å²) in [6.07, 6.45) is 4.52. The van der Waals surface area contributed by atoms with Crippen LogP contribution >= 0.6 is 0 Å². The molecule has 3 heterocycles. The van der Waals surface area contributed by atoms with E-state index >= 15 is 0 Å². The predicted molar refractivity (Wildman–Crippen MR) is 82.2 cm³/mol. The lowest BCUT2D eigenvalue weighted by atomic mass is 10.1. The molecule has 0 saturated carbocycles. The van der Waals surface area contributed by atoms with Gasteiger partial charge in [0.2, 0.25) is 11.6 Å². The number of nitrogens with two attached hydrogens (primary N) is 2. The average Bonchev–Trinajstić information content (AvgIpc) is 2.87. The molecule has 0 aliphatic carbocycles. The number of aromatic nitrogens is 5. The highest BCUT2D eigenvalue weighted by Gasteiger charge is 2.22. The number of anilines is 2. The van der Waals surface area contributed by atoms with Gasteiger partial charge >= 0.3 is 0 Å². The third kappa shape index (κ3) is 2.14. The van der Waals surface area contributed by atoms with E-state index in [2.05, 4.69) is 19.9 Å². The minimum absolute atomic E-state index is 0.0195. The molecule has 0 fully saturated rings. The predicted octanol–water partition coefficient (Wildman–Crippen LogP) is 1.20. The first-order valence-electron chi connectivity index (χ1n) is 6.73. The van der Waals surface area contributed by atoms with Crippen LogP contribution in [0.15, 0.2) is 24.8 Å². The van der Waals surface area contributed by atoms with Gasteiger partial charge in [-0.25, -0.2) is 19.9 Å². The van der Waals surface area contributed by atoms with Gasteiger partial charge in [0.25, 0.3) is 0 Å². The Balaban J connectivity index is 2.25. The van der Waals surface area contributed by atoms with Crippen LogP contribution < -0.4 is 11.5 Å². The number of nitrogens with zero attached hydrogens (tertiary/aromatic N) is 5. The maximum atomic E-state index is 12.7. The highest BCUT2D eigenvalue weighted by molar-refractivity contribution is 6.16. The number of carbonyl (C=O) groups is 1. The SMILES string of the molecule is CC(C)n1cc(C(=O)c2nccc(N)n2)c2c(N)ncnc21. The number of ketones is 1. The first-order valence-corrected chi connectivity index (χ1v) is 6.73. The van der Waals surface area contributed by atoms with E-state index in [4.69, 9.17) is 11.5 Å². The number of hydrogen-bond donors (Lipinski definition) is 2. The first kappa shape index (κ1) is 13.9. The largest absolute Gasteiger partial charge is 0.384 e. The second kappa shape index (κ2) is 5.06. The molecule has 0 atom stereocenters. The molecule has 0 spiro atoms. The molecule has 0 bridgehead atoms. The summed E-state index contributed by atoms with van der Waals surface area (Å²) in [7, 11) is 0. The first-order chi connectivity index (χ1) is 10.5. The lowest BCUT2D eigenvalue weighted by Crippen LogP contribution is -2.08. The lowest BCUT2D eigenvalue weighted by molar-refractivity contribution is 0.103. The molecule has 3 aromatic heterocycles. The summed E-state index contributed by atoms with van der Waals surface area (Å²) in [6, 6.07) is 1.63. The number of carbonyl (C=O) groups excluding carboxylic acids is 1. The second-order valence-electron chi connectivity index (χ2n) is 5.14. The Morgan fingerprint density at radius 3 is 2.68 bits per heavy atom. The fourth-order valence-corrected chi connectivity index (χ4v) is 2.28. The van der Waals surface area contributed by atoms with E-state index in [0.29, 0.717) is 16.6 Å². The molecule has 3 rings (SSSR count). The number of nitrogen functional groups attached to an aromatic ring is 2. The Kier molecular flexibility index (Phi) is 3.21. The van der Waals surface area contributed by atoms with Crippen molar-refractivity contribution in [2.24, 2.45) is 0 Å². The molecule has 22 heavy (non-hydrogen) atoms. The molecule has 8 nitrogen and oxygen atoms in total. The van der Waals surface area contributed by atoms with E-state index in [9.17, 15) is 4.79 Å². The Morgan fingerprint density at radius 1 is 1.23 bits per heavy atom. The van der Waals surface area contributed by atoms with Crippen molar-refractivity contribution in [2.45, 2.75) is 19.9 Å². The van der Waals surface area contributed by atoms with Crippen LogP contribution in [0.4, 0.5) is 11.6 Å². The van der Waals surface area contributed by atoms with Gasteiger partial charge in [0.1, 0.15) is 23.6 Å². The number of fused-ring (bicyclic) bond motifs is 1. The highest BCUT2D eigenvalue weighted by Crippen LogP contribution is 2.27. The lowest BCUT2D eigenvalue weighted by Gasteiger charge is -2.07. The van der Waals surface area contributed by atoms with Gasteiger partial charge in [0, 0.05) is 18.4 Å². The maximum Gasteiger partial charge on any atom is 0.232 e. The quantitative estimate of drug-likeness (QED) is 0.695. The van der Waals surface area contributed by atoms with Crippen LogP contribution in [-0.4, -0.2) is 30.3 Å². The Labute approximate surface area is 126 Å².